The first-order valence-electron chi connectivity index (χ1n) is 8.47. The Hall–Kier alpha value is -2.04. The molecule has 2 aromatic rings. The van der Waals surface area contributed by atoms with Crippen LogP contribution in [0.3, 0.4) is 0 Å². The minimum Gasteiger partial charge on any atom is -0.323 e. The average molecular weight is 393 g/mol. The summed E-state index contributed by atoms with van der Waals surface area (Å²) in [5.74, 6) is -0.327. The Morgan fingerprint density at radius 3 is 2.08 bits per heavy atom. The van der Waals surface area contributed by atoms with E-state index in [1.807, 2.05) is 45.0 Å². The number of rotatable bonds is 3. The van der Waals surface area contributed by atoms with Crippen molar-refractivity contribution in [1.82, 2.24) is 5.32 Å². The Labute approximate surface area is 164 Å². The molecule has 0 aromatic heterocycles. The lowest BCUT2D eigenvalue weighted by atomic mass is 9.92. The van der Waals surface area contributed by atoms with Crippen molar-refractivity contribution in [3.05, 3.63) is 63.6 Å². The van der Waals surface area contributed by atoms with Crippen LogP contribution in [0.25, 0.3) is 0 Å². The first-order chi connectivity index (χ1) is 12.3. The number of aryl methyl sites for hydroxylation is 1. The highest BCUT2D eigenvalue weighted by Crippen LogP contribution is 2.31. The molecule has 6 heteroatoms. The van der Waals surface area contributed by atoms with Gasteiger partial charge in [0.05, 0.1) is 5.69 Å². The average Bonchev–Trinajstić information content (AvgIpc) is 2.80. The topological polar surface area (TPSA) is 49.4 Å². The van der Waals surface area contributed by atoms with E-state index in [0.717, 1.165) is 16.0 Å². The van der Waals surface area contributed by atoms with Crippen LogP contribution in [0.5, 0.6) is 0 Å². The normalized spacial score (nSPS) is 19.1. The molecule has 3 rings (SSSR count). The molecule has 26 heavy (non-hydrogen) atoms. The van der Waals surface area contributed by atoms with E-state index in [-0.39, 0.29) is 5.91 Å². The number of anilines is 1. The molecule has 0 radical (unpaired) electrons. The molecule has 1 N–H and O–H groups in total. The number of nitrogens with zero attached hydrogens (tertiary/aromatic N) is 1. The quantitative estimate of drug-likeness (QED) is 0.712. The Morgan fingerprint density at radius 1 is 1.00 bits per heavy atom. The lowest BCUT2D eigenvalue weighted by Crippen LogP contribution is -2.46. The van der Waals surface area contributed by atoms with Crippen LogP contribution < -0.4 is 10.2 Å². The van der Waals surface area contributed by atoms with Crippen LogP contribution in [0.4, 0.5) is 10.5 Å². The number of halogens is 2. The zero-order valence-corrected chi connectivity index (χ0v) is 16.8. The number of amides is 3. The molecule has 1 unspecified atom stereocenters. The van der Waals surface area contributed by atoms with Gasteiger partial charge in [0.2, 0.25) is 0 Å². The van der Waals surface area contributed by atoms with E-state index in [0.29, 0.717) is 22.2 Å². The number of hydrogen-bond acceptors (Lipinski definition) is 2. The van der Waals surface area contributed by atoms with E-state index < -0.39 is 11.6 Å². The maximum atomic E-state index is 12.9. The molecular formula is C20H22Cl2N2O2. The molecule has 1 heterocycles. The number of urea groups is 1. The zero-order valence-electron chi connectivity index (χ0n) is 15.3. The van der Waals surface area contributed by atoms with Crippen molar-refractivity contribution in [2.45, 2.75) is 39.7 Å². The van der Waals surface area contributed by atoms with Crippen LogP contribution >= 0.6 is 23.2 Å². The Balaban J connectivity index is 0.00000117. The summed E-state index contributed by atoms with van der Waals surface area (Å²) >= 11 is 12.0. The second kappa shape index (κ2) is 8.11. The highest BCUT2D eigenvalue weighted by atomic mass is 35.5. The first kappa shape index (κ1) is 20.3. The van der Waals surface area contributed by atoms with Crippen molar-refractivity contribution in [3.63, 3.8) is 0 Å². The van der Waals surface area contributed by atoms with Crippen LogP contribution in [0.15, 0.2) is 42.5 Å². The van der Waals surface area contributed by atoms with Gasteiger partial charge in [0.1, 0.15) is 5.54 Å². The van der Waals surface area contributed by atoms with Crippen LogP contribution in [0.2, 0.25) is 10.0 Å². The van der Waals surface area contributed by atoms with Crippen molar-refractivity contribution in [3.8, 4) is 0 Å². The number of hydrogen-bond donors (Lipinski definition) is 1. The second-order valence-electron chi connectivity index (χ2n) is 6.19. The standard InChI is InChI=1S/C18H16Cl2N2O2.C2H6/c1-11-3-5-12(6-4-11)10-18(2)16(23)22(17(24)21-18)15-8-13(19)7-14(20)9-15;1-2/h3-9H,10H2,1-2H3,(H,21,24);1-2H3. The number of imide groups is 1. The van der Waals surface area contributed by atoms with E-state index in [1.165, 1.54) is 0 Å². The Kier molecular flexibility index (Phi) is 6.32. The third-order valence-corrected chi connectivity index (χ3v) is 4.48. The van der Waals surface area contributed by atoms with Gasteiger partial charge >= 0.3 is 6.03 Å². The largest absolute Gasteiger partial charge is 0.329 e. The van der Waals surface area contributed by atoms with Gasteiger partial charge in [-0.3, -0.25) is 4.79 Å². The number of benzene rings is 2. The summed E-state index contributed by atoms with van der Waals surface area (Å²) in [6.07, 6.45) is 0.405. The molecule has 0 bridgehead atoms. The van der Waals surface area contributed by atoms with Gasteiger partial charge < -0.3 is 5.32 Å². The molecule has 3 amide bonds. The van der Waals surface area contributed by atoms with Gasteiger partial charge in [-0.2, -0.15) is 0 Å². The van der Waals surface area contributed by atoms with Crippen molar-refractivity contribution >= 4 is 40.8 Å². The zero-order chi connectivity index (χ0) is 19.5. The van der Waals surface area contributed by atoms with Gasteiger partial charge in [0, 0.05) is 16.5 Å². The highest BCUT2D eigenvalue weighted by Gasteiger charge is 2.48. The molecule has 0 saturated carbocycles. The van der Waals surface area contributed by atoms with E-state index in [4.69, 9.17) is 23.2 Å². The van der Waals surface area contributed by atoms with Gasteiger partial charge in [-0.1, -0.05) is 66.9 Å². The van der Waals surface area contributed by atoms with Gasteiger partial charge in [-0.05, 0) is 37.6 Å². The fraction of sp³-hybridized carbons (Fsp3) is 0.300. The molecule has 138 valence electrons. The van der Waals surface area contributed by atoms with Crippen LogP contribution in [0, 0.1) is 6.92 Å². The molecule has 1 aliphatic rings. The smallest absolute Gasteiger partial charge is 0.323 e. The van der Waals surface area contributed by atoms with E-state index in [1.54, 1.807) is 25.1 Å². The van der Waals surface area contributed by atoms with Crippen molar-refractivity contribution in [2.24, 2.45) is 0 Å². The monoisotopic (exact) mass is 392 g/mol. The second-order valence-corrected chi connectivity index (χ2v) is 7.07. The van der Waals surface area contributed by atoms with E-state index >= 15 is 0 Å². The molecule has 1 aliphatic heterocycles. The predicted molar refractivity (Wildman–Crippen MR) is 107 cm³/mol. The molecule has 2 aromatic carbocycles. The molecule has 0 spiro atoms. The summed E-state index contributed by atoms with van der Waals surface area (Å²) < 4.78 is 0. The maximum absolute atomic E-state index is 12.9. The minimum atomic E-state index is -1.01. The van der Waals surface area contributed by atoms with Gasteiger partial charge in [-0.25, -0.2) is 9.69 Å². The van der Waals surface area contributed by atoms with Crippen LogP contribution in [-0.2, 0) is 11.2 Å². The fourth-order valence-electron chi connectivity index (χ4n) is 2.82. The maximum Gasteiger partial charge on any atom is 0.329 e. The molecular weight excluding hydrogens is 371 g/mol. The SMILES string of the molecule is CC.Cc1ccc(CC2(C)NC(=O)N(c3cc(Cl)cc(Cl)c3)C2=O)cc1. The molecule has 4 nitrogen and oxygen atoms in total. The van der Waals surface area contributed by atoms with Crippen LogP contribution in [-0.4, -0.2) is 17.5 Å². The van der Waals surface area contributed by atoms with Gasteiger partial charge in [0.15, 0.2) is 0 Å². The van der Waals surface area contributed by atoms with Crippen molar-refractivity contribution in [1.29, 1.82) is 0 Å². The summed E-state index contributed by atoms with van der Waals surface area (Å²) in [7, 11) is 0. The lowest BCUT2D eigenvalue weighted by molar-refractivity contribution is -0.121. The third-order valence-electron chi connectivity index (χ3n) is 4.04. The first-order valence-corrected chi connectivity index (χ1v) is 9.22. The molecule has 1 fully saturated rings. The summed E-state index contributed by atoms with van der Waals surface area (Å²) in [6, 6.07) is 12.0. The lowest BCUT2D eigenvalue weighted by Gasteiger charge is -2.22. The Morgan fingerprint density at radius 2 is 1.54 bits per heavy atom. The summed E-state index contributed by atoms with van der Waals surface area (Å²) in [6.45, 7) is 7.72. The van der Waals surface area contributed by atoms with Gasteiger partial charge in [-0.15, -0.1) is 0 Å². The van der Waals surface area contributed by atoms with E-state index in [2.05, 4.69) is 5.32 Å². The highest BCUT2D eigenvalue weighted by molar-refractivity contribution is 6.35. The molecule has 1 saturated heterocycles. The summed E-state index contributed by atoms with van der Waals surface area (Å²) in [5, 5.41) is 3.51. The van der Waals surface area contributed by atoms with Crippen molar-refractivity contribution in [2.75, 3.05) is 4.90 Å². The fourth-order valence-corrected chi connectivity index (χ4v) is 3.34. The predicted octanol–water partition coefficient (Wildman–Crippen LogP) is 5.39. The molecule has 0 aliphatic carbocycles. The minimum absolute atomic E-state index is 0.327. The number of carbonyl (C=O) groups is 2. The summed E-state index contributed by atoms with van der Waals surface area (Å²) in [5.41, 5.74) is 1.47. The summed E-state index contributed by atoms with van der Waals surface area (Å²) in [4.78, 5) is 26.4. The van der Waals surface area contributed by atoms with Gasteiger partial charge in [0.25, 0.3) is 5.91 Å². The third kappa shape index (κ3) is 4.19. The number of carbonyl (C=O) groups excluding carboxylic acids is 2. The van der Waals surface area contributed by atoms with Crippen molar-refractivity contribution < 1.29 is 9.59 Å². The Bertz CT molecular complexity index is 801. The van der Waals surface area contributed by atoms with E-state index in [9.17, 15) is 9.59 Å². The van der Waals surface area contributed by atoms with Crippen LogP contribution in [0.1, 0.15) is 31.9 Å². The number of nitrogens with one attached hydrogen (secondary N) is 1. The molecule has 1 atom stereocenters.